The van der Waals surface area contributed by atoms with Crippen molar-refractivity contribution in [2.75, 3.05) is 6.54 Å². The molecule has 0 radical (unpaired) electrons. The SMILES string of the molecule is CCCCN(Cc1ccccc1C(F)(F)F)Cc1c(-c2ccccc2)nc(-c2ccccc2)n1CCC. The van der Waals surface area contributed by atoms with E-state index in [1.165, 1.54) is 12.1 Å². The van der Waals surface area contributed by atoms with Gasteiger partial charge < -0.3 is 4.57 Å². The van der Waals surface area contributed by atoms with Gasteiger partial charge in [0.25, 0.3) is 0 Å². The molecule has 37 heavy (non-hydrogen) atoms. The Hall–Kier alpha value is -3.38. The molecular formula is C31H34F3N3. The third kappa shape index (κ3) is 6.50. The second-order valence-electron chi connectivity index (χ2n) is 9.33. The Bertz CT molecular complexity index is 1260. The van der Waals surface area contributed by atoms with Gasteiger partial charge in [0.2, 0.25) is 0 Å². The number of alkyl halides is 3. The first kappa shape index (κ1) is 26.7. The Balaban J connectivity index is 1.80. The van der Waals surface area contributed by atoms with Gasteiger partial charge in [-0.05, 0) is 31.0 Å². The van der Waals surface area contributed by atoms with E-state index in [0.29, 0.717) is 18.7 Å². The highest BCUT2D eigenvalue weighted by molar-refractivity contribution is 5.68. The Morgan fingerprint density at radius 1 is 0.757 bits per heavy atom. The first-order chi connectivity index (χ1) is 17.9. The number of aromatic nitrogens is 2. The lowest BCUT2D eigenvalue weighted by atomic mass is 10.1. The van der Waals surface area contributed by atoms with Crippen molar-refractivity contribution >= 4 is 0 Å². The topological polar surface area (TPSA) is 21.1 Å². The molecule has 0 atom stereocenters. The zero-order chi connectivity index (χ0) is 26.3. The van der Waals surface area contributed by atoms with Crippen molar-refractivity contribution in [2.45, 2.75) is 58.9 Å². The zero-order valence-electron chi connectivity index (χ0n) is 21.5. The van der Waals surface area contributed by atoms with Gasteiger partial charge in [0.05, 0.1) is 17.0 Å². The molecule has 0 saturated heterocycles. The minimum absolute atomic E-state index is 0.224. The lowest BCUT2D eigenvalue weighted by molar-refractivity contribution is -0.138. The summed E-state index contributed by atoms with van der Waals surface area (Å²) in [6, 6.07) is 26.1. The van der Waals surface area contributed by atoms with E-state index in [9.17, 15) is 13.2 Å². The summed E-state index contributed by atoms with van der Waals surface area (Å²) in [5, 5.41) is 0. The molecule has 0 spiro atoms. The molecule has 0 aliphatic heterocycles. The van der Waals surface area contributed by atoms with Gasteiger partial charge in [-0.3, -0.25) is 4.90 Å². The quantitative estimate of drug-likeness (QED) is 0.204. The van der Waals surface area contributed by atoms with Crippen LogP contribution in [-0.4, -0.2) is 21.0 Å². The maximum absolute atomic E-state index is 13.8. The minimum Gasteiger partial charge on any atom is -0.326 e. The van der Waals surface area contributed by atoms with E-state index in [-0.39, 0.29) is 6.54 Å². The summed E-state index contributed by atoms with van der Waals surface area (Å²) in [4.78, 5) is 7.26. The number of hydrogen-bond donors (Lipinski definition) is 0. The Morgan fingerprint density at radius 2 is 1.38 bits per heavy atom. The summed E-state index contributed by atoms with van der Waals surface area (Å²) in [6.07, 6.45) is -1.59. The molecule has 0 saturated carbocycles. The van der Waals surface area contributed by atoms with E-state index >= 15 is 0 Å². The van der Waals surface area contributed by atoms with Gasteiger partial charge in [-0.1, -0.05) is 99.1 Å². The van der Waals surface area contributed by atoms with Gasteiger partial charge in [-0.2, -0.15) is 13.2 Å². The van der Waals surface area contributed by atoms with Crippen molar-refractivity contribution < 1.29 is 13.2 Å². The number of hydrogen-bond acceptors (Lipinski definition) is 2. The zero-order valence-corrected chi connectivity index (χ0v) is 21.5. The molecule has 1 heterocycles. The predicted molar refractivity (Wildman–Crippen MR) is 144 cm³/mol. The van der Waals surface area contributed by atoms with Gasteiger partial charge in [-0.15, -0.1) is 0 Å². The van der Waals surface area contributed by atoms with E-state index in [2.05, 4.69) is 35.4 Å². The van der Waals surface area contributed by atoms with Gasteiger partial charge >= 0.3 is 6.18 Å². The van der Waals surface area contributed by atoms with E-state index in [1.807, 2.05) is 48.5 Å². The summed E-state index contributed by atoms with van der Waals surface area (Å²) < 4.78 is 43.6. The third-order valence-corrected chi connectivity index (χ3v) is 6.52. The number of nitrogens with zero attached hydrogens (tertiary/aromatic N) is 3. The summed E-state index contributed by atoms with van der Waals surface area (Å²) in [5.41, 5.74) is 3.70. The second-order valence-corrected chi connectivity index (χ2v) is 9.33. The molecule has 3 nitrogen and oxygen atoms in total. The van der Waals surface area contributed by atoms with E-state index < -0.39 is 11.7 Å². The van der Waals surface area contributed by atoms with Crippen LogP contribution in [0.15, 0.2) is 84.9 Å². The van der Waals surface area contributed by atoms with Crippen LogP contribution in [0.5, 0.6) is 0 Å². The lowest BCUT2D eigenvalue weighted by Gasteiger charge is -2.25. The van der Waals surface area contributed by atoms with Crippen molar-refractivity contribution in [1.29, 1.82) is 0 Å². The Kier molecular flexibility index (Phi) is 8.82. The van der Waals surface area contributed by atoms with Crippen molar-refractivity contribution in [3.63, 3.8) is 0 Å². The molecule has 0 N–H and O–H groups in total. The highest BCUT2D eigenvalue weighted by Crippen LogP contribution is 2.34. The first-order valence-electron chi connectivity index (χ1n) is 13.0. The highest BCUT2D eigenvalue weighted by atomic mass is 19.4. The normalized spacial score (nSPS) is 11.8. The molecule has 3 aromatic carbocycles. The number of halogens is 3. The fourth-order valence-corrected chi connectivity index (χ4v) is 4.73. The fourth-order valence-electron chi connectivity index (χ4n) is 4.73. The molecule has 0 unspecified atom stereocenters. The van der Waals surface area contributed by atoms with Crippen molar-refractivity contribution in [3.8, 4) is 22.6 Å². The van der Waals surface area contributed by atoms with Crippen molar-refractivity contribution in [1.82, 2.24) is 14.5 Å². The second kappa shape index (κ2) is 12.2. The van der Waals surface area contributed by atoms with Gasteiger partial charge in [0, 0.05) is 30.8 Å². The van der Waals surface area contributed by atoms with Crippen LogP contribution in [-0.2, 0) is 25.8 Å². The van der Waals surface area contributed by atoms with E-state index in [4.69, 9.17) is 4.98 Å². The largest absolute Gasteiger partial charge is 0.416 e. The molecule has 4 rings (SSSR count). The predicted octanol–water partition coefficient (Wildman–Crippen LogP) is 8.45. The molecule has 0 aliphatic carbocycles. The highest BCUT2D eigenvalue weighted by Gasteiger charge is 2.33. The van der Waals surface area contributed by atoms with Gasteiger partial charge in [-0.25, -0.2) is 4.98 Å². The molecule has 4 aromatic rings. The van der Waals surface area contributed by atoms with Crippen LogP contribution >= 0.6 is 0 Å². The summed E-state index contributed by atoms with van der Waals surface area (Å²) in [7, 11) is 0. The standard InChI is InChI=1S/C31H34F3N3/c1-3-5-21-36(22-26-18-12-13-19-27(26)31(32,33)34)23-28-29(24-14-8-6-9-15-24)35-30(37(28)20-4-2)25-16-10-7-11-17-25/h6-19H,3-5,20-23H2,1-2H3. The molecular weight excluding hydrogens is 471 g/mol. The van der Waals surface area contributed by atoms with E-state index in [1.54, 1.807) is 12.1 Å². The number of benzene rings is 3. The van der Waals surface area contributed by atoms with Gasteiger partial charge in [0.1, 0.15) is 5.82 Å². The fraction of sp³-hybridized carbons (Fsp3) is 0.323. The molecule has 0 fully saturated rings. The van der Waals surface area contributed by atoms with Crippen LogP contribution in [0.4, 0.5) is 13.2 Å². The molecule has 6 heteroatoms. The first-order valence-corrected chi connectivity index (χ1v) is 13.0. The average molecular weight is 506 g/mol. The molecule has 0 bridgehead atoms. The lowest BCUT2D eigenvalue weighted by Crippen LogP contribution is -2.27. The minimum atomic E-state index is -4.38. The maximum atomic E-state index is 13.8. The number of unbranched alkanes of at least 4 members (excludes halogenated alkanes) is 1. The van der Waals surface area contributed by atoms with Crippen molar-refractivity contribution in [2.24, 2.45) is 0 Å². The summed E-state index contributed by atoms with van der Waals surface area (Å²) in [5.74, 6) is 0.891. The van der Waals surface area contributed by atoms with Gasteiger partial charge in [0.15, 0.2) is 0 Å². The smallest absolute Gasteiger partial charge is 0.326 e. The third-order valence-electron chi connectivity index (χ3n) is 6.52. The van der Waals surface area contributed by atoms with Crippen LogP contribution in [0.1, 0.15) is 49.9 Å². The van der Waals surface area contributed by atoms with Crippen LogP contribution in [0.25, 0.3) is 22.6 Å². The Labute approximate surface area is 217 Å². The molecule has 1 aromatic heterocycles. The summed E-state index contributed by atoms with van der Waals surface area (Å²) >= 11 is 0. The number of rotatable bonds is 11. The Morgan fingerprint density at radius 3 is 2.00 bits per heavy atom. The monoisotopic (exact) mass is 505 g/mol. The average Bonchev–Trinajstić information content (AvgIpc) is 3.26. The summed E-state index contributed by atoms with van der Waals surface area (Å²) in [6.45, 7) is 6.45. The molecule has 0 amide bonds. The molecule has 194 valence electrons. The van der Waals surface area contributed by atoms with Crippen LogP contribution < -0.4 is 0 Å². The van der Waals surface area contributed by atoms with E-state index in [0.717, 1.165) is 54.1 Å². The van der Waals surface area contributed by atoms with Crippen LogP contribution in [0.3, 0.4) is 0 Å². The van der Waals surface area contributed by atoms with Crippen LogP contribution in [0.2, 0.25) is 0 Å². The molecule has 0 aliphatic rings. The maximum Gasteiger partial charge on any atom is 0.416 e. The number of imidazole rings is 1. The van der Waals surface area contributed by atoms with Crippen LogP contribution in [0, 0.1) is 0 Å². The van der Waals surface area contributed by atoms with Crippen molar-refractivity contribution in [3.05, 3.63) is 102 Å².